The van der Waals surface area contributed by atoms with Crippen molar-refractivity contribution in [3.63, 3.8) is 0 Å². The zero-order valence-corrected chi connectivity index (χ0v) is 14.7. The molecule has 126 valence electrons. The van der Waals surface area contributed by atoms with Crippen LogP contribution in [-0.2, 0) is 0 Å². The number of hydrogen-bond acceptors (Lipinski definition) is 2. The molecule has 0 aliphatic heterocycles. The Hall–Kier alpha value is -1.96. The van der Waals surface area contributed by atoms with Gasteiger partial charge in [0.25, 0.3) is 0 Å². The molecule has 2 N–H and O–H groups in total. The van der Waals surface area contributed by atoms with Crippen molar-refractivity contribution in [2.45, 2.75) is 56.8 Å². The molecular weight excluding hydrogens is 292 g/mol. The topological polar surface area (TPSA) is 29.3 Å². The number of nitrogens with zero attached hydrogens (tertiary/aromatic N) is 1. The lowest BCUT2D eigenvalue weighted by Gasteiger charge is -2.24. The predicted octanol–water partition coefficient (Wildman–Crippen LogP) is 5.96. The molecule has 2 heteroatoms. The molecule has 2 aromatic rings. The molecule has 0 saturated heterocycles. The molecular formula is C22H28N2. The van der Waals surface area contributed by atoms with Gasteiger partial charge in [-0.3, -0.25) is 0 Å². The van der Waals surface area contributed by atoms with E-state index in [1.54, 1.807) is 0 Å². The second-order valence-corrected chi connectivity index (χ2v) is 7.57. The van der Waals surface area contributed by atoms with Crippen LogP contribution in [0.3, 0.4) is 0 Å². The summed E-state index contributed by atoms with van der Waals surface area (Å²) in [6.07, 6.45) is 9.48. The summed E-state index contributed by atoms with van der Waals surface area (Å²) in [6, 6.07) is 15.7. The third-order valence-electron chi connectivity index (χ3n) is 5.83. The van der Waals surface area contributed by atoms with Gasteiger partial charge in [0.1, 0.15) is 0 Å². The number of hydrogen-bond donors (Lipinski definition) is 1. The van der Waals surface area contributed by atoms with Crippen molar-refractivity contribution in [3.05, 3.63) is 53.6 Å². The summed E-state index contributed by atoms with van der Waals surface area (Å²) in [6.45, 7) is 0. The highest BCUT2D eigenvalue weighted by molar-refractivity contribution is 5.67. The zero-order chi connectivity index (χ0) is 16.5. The first-order valence-electron chi connectivity index (χ1n) is 9.45. The van der Waals surface area contributed by atoms with Crippen LogP contribution in [0.5, 0.6) is 0 Å². The fourth-order valence-corrected chi connectivity index (χ4v) is 4.07. The summed E-state index contributed by atoms with van der Waals surface area (Å²) in [4.78, 5) is 2.27. The van der Waals surface area contributed by atoms with Gasteiger partial charge >= 0.3 is 0 Å². The quantitative estimate of drug-likeness (QED) is 0.704. The van der Waals surface area contributed by atoms with Gasteiger partial charge in [0.05, 0.1) is 0 Å². The highest BCUT2D eigenvalue weighted by atomic mass is 15.1. The maximum atomic E-state index is 6.15. The van der Waals surface area contributed by atoms with Crippen LogP contribution >= 0.6 is 0 Å². The minimum atomic E-state index is 0.687. The van der Waals surface area contributed by atoms with E-state index in [0.29, 0.717) is 5.92 Å². The molecule has 0 unspecified atom stereocenters. The summed E-state index contributed by atoms with van der Waals surface area (Å²) in [5.41, 5.74) is 12.4. The smallest absolute Gasteiger partial charge is 0.0412 e. The van der Waals surface area contributed by atoms with Gasteiger partial charge in [-0.25, -0.2) is 0 Å². The molecule has 0 bridgehead atoms. The average molecular weight is 320 g/mol. The van der Waals surface area contributed by atoms with E-state index < -0.39 is 0 Å². The van der Waals surface area contributed by atoms with Crippen molar-refractivity contribution in [3.8, 4) is 0 Å². The number of anilines is 3. The van der Waals surface area contributed by atoms with Gasteiger partial charge in [0, 0.05) is 24.1 Å². The minimum absolute atomic E-state index is 0.687. The van der Waals surface area contributed by atoms with E-state index in [0.717, 1.165) is 11.6 Å². The SMILES string of the molecule is CN(c1ccc(C2CCCCC2)cc1)c1ccc(N)c(C2CC2)c1. The highest BCUT2D eigenvalue weighted by Crippen LogP contribution is 2.44. The summed E-state index contributed by atoms with van der Waals surface area (Å²) < 4.78 is 0. The van der Waals surface area contributed by atoms with Gasteiger partial charge in [-0.15, -0.1) is 0 Å². The number of benzene rings is 2. The zero-order valence-electron chi connectivity index (χ0n) is 14.7. The molecule has 2 fully saturated rings. The van der Waals surface area contributed by atoms with E-state index in [1.165, 1.54) is 67.4 Å². The lowest BCUT2D eigenvalue weighted by Crippen LogP contribution is -2.11. The summed E-state index contributed by atoms with van der Waals surface area (Å²) >= 11 is 0. The van der Waals surface area contributed by atoms with E-state index in [-0.39, 0.29) is 0 Å². The van der Waals surface area contributed by atoms with E-state index in [4.69, 9.17) is 5.73 Å². The number of nitrogen functional groups attached to an aromatic ring is 1. The average Bonchev–Trinajstić information content (AvgIpc) is 3.47. The third-order valence-corrected chi connectivity index (χ3v) is 5.83. The molecule has 24 heavy (non-hydrogen) atoms. The van der Waals surface area contributed by atoms with E-state index in [9.17, 15) is 0 Å². The second kappa shape index (κ2) is 6.51. The maximum Gasteiger partial charge on any atom is 0.0412 e. The van der Waals surface area contributed by atoms with Crippen LogP contribution in [0.1, 0.15) is 67.9 Å². The molecule has 0 spiro atoms. The maximum absolute atomic E-state index is 6.15. The monoisotopic (exact) mass is 320 g/mol. The highest BCUT2D eigenvalue weighted by Gasteiger charge is 2.26. The van der Waals surface area contributed by atoms with Crippen molar-refractivity contribution in [2.75, 3.05) is 17.7 Å². The van der Waals surface area contributed by atoms with Crippen molar-refractivity contribution in [1.29, 1.82) is 0 Å². The molecule has 0 radical (unpaired) electrons. The predicted molar refractivity (Wildman–Crippen MR) is 103 cm³/mol. The number of rotatable bonds is 4. The first-order chi connectivity index (χ1) is 11.7. The van der Waals surface area contributed by atoms with Gasteiger partial charge in [-0.1, -0.05) is 31.4 Å². The lowest BCUT2D eigenvalue weighted by molar-refractivity contribution is 0.443. The molecule has 0 amide bonds. The van der Waals surface area contributed by atoms with Gasteiger partial charge < -0.3 is 10.6 Å². The Morgan fingerprint density at radius 3 is 2.12 bits per heavy atom. The van der Waals surface area contributed by atoms with Crippen molar-refractivity contribution >= 4 is 17.1 Å². The normalized spacial score (nSPS) is 18.5. The Labute approximate surface area is 145 Å². The molecule has 0 atom stereocenters. The van der Waals surface area contributed by atoms with E-state index >= 15 is 0 Å². The molecule has 2 aromatic carbocycles. The number of nitrogens with two attached hydrogens (primary N) is 1. The molecule has 2 aliphatic rings. The Bertz CT molecular complexity index is 694. The fraction of sp³-hybridized carbons (Fsp3) is 0.455. The van der Waals surface area contributed by atoms with Crippen LogP contribution in [0.15, 0.2) is 42.5 Å². The second-order valence-electron chi connectivity index (χ2n) is 7.57. The Kier molecular flexibility index (Phi) is 4.22. The van der Waals surface area contributed by atoms with Crippen LogP contribution in [0.4, 0.5) is 17.1 Å². The van der Waals surface area contributed by atoms with Gasteiger partial charge in [-0.05, 0) is 79.0 Å². The van der Waals surface area contributed by atoms with Crippen LogP contribution in [-0.4, -0.2) is 7.05 Å². The van der Waals surface area contributed by atoms with E-state index in [2.05, 4.69) is 54.4 Å². The summed E-state index contributed by atoms with van der Waals surface area (Å²) in [7, 11) is 2.15. The Morgan fingerprint density at radius 1 is 0.792 bits per heavy atom. The Morgan fingerprint density at radius 2 is 1.46 bits per heavy atom. The standard InChI is InChI=1S/C22H28N2/c1-24(20-13-14-22(23)21(15-20)18-7-8-18)19-11-9-17(10-12-19)16-5-3-2-4-6-16/h9-16,18H,2-8,23H2,1H3. The molecule has 2 saturated carbocycles. The third kappa shape index (κ3) is 3.15. The van der Waals surface area contributed by atoms with Gasteiger partial charge in [0.15, 0.2) is 0 Å². The summed E-state index contributed by atoms with van der Waals surface area (Å²) in [5.74, 6) is 1.46. The fourth-order valence-electron chi connectivity index (χ4n) is 4.07. The largest absolute Gasteiger partial charge is 0.398 e. The van der Waals surface area contributed by atoms with E-state index in [1.807, 2.05) is 0 Å². The van der Waals surface area contributed by atoms with Gasteiger partial charge in [0.2, 0.25) is 0 Å². The molecule has 2 aliphatic carbocycles. The molecule has 2 nitrogen and oxygen atoms in total. The first-order valence-corrected chi connectivity index (χ1v) is 9.45. The molecule has 0 heterocycles. The van der Waals surface area contributed by atoms with Crippen LogP contribution in [0.2, 0.25) is 0 Å². The van der Waals surface area contributed by atoms with Crippen LogP contribution < -0.4 is 10.6 Å². The first kappa shape index (κ1) is 15.6. The Balaban J connectivity index is 1.53. The van der Waals surface area contributed by atoms with Crippen molar-refractivity contribution < 1.29 is 0 Å². The summed E-state index contributed by atoms with van der Waals surface area (Å²) in [5, 5.41) is 0. The minimum Gasteiger partial charge on any atom is -0.398 e. The van der Waals surface area contributed by atoms with Crippen LogP contribution in [0.25, 0.3) is 0 Å². The van der Waals surface area contributed by atoms with Crippen molar-refractivity contribution in [2.24, 2.45) is 0 Å². The van der Waals surface area contributed by atoms with Crippen molar-refractivity contribution in [1.82, 2.24) is 0 Å². The molecule has 4 rings (SSSR count). The van der Waals surface area contributed by atoms with Gasteiger partial charge in [-0.2, -0.15) is 0 Å². The molecule has 0 aromatic heterocycles. The lowest BCUT2D eigenvalue weighted by atomic mass is 9.84. The van der Waals surface area contributed by atoms with Crippen LogP contribution in [0, 0.1) is 0 Å².